The Hall–Kier alpha value is -2.03. The van der Waals surface area contributed by atoms with Crippen molar-refractivity contribution in [1.29, 1.82) is 0 Å². The summed E-state index contributed by atoms with van der Waals surface area (Å²) in [7, 11) is 0. The number of amides is 1. The molecule has 0 bridgehead atoms. The molecule has 0 radical (unpaired) electrons. The Balaban J connectivity index is 2.48. The van der Waals surface area contributed by atoms with E-state index in [1.54, 1.807) is 6.07 Å². The van der Waals surface area contributed by atoms with E-state index in [1.165, 1.54) is 0 Å². The van der Waals surface area contributed by atoms with Crippen molar-refractivity contribution in [3.05, 3.63) is 47.7 Å². The molecule has 3 nitrogen and oxygen atoms in total. The highest BCUT2D eigenvalue weighted by Crippen LogP contribution is 2.20. The predicted molar refractivity (Wildman–Crippen MR) is 59.5 cm³/mol. The maximum Gasteiger partial charge on any atom is 0.250 e. The fourth-order valence-corrected chi connectivity index (χ4v) is 1.59. The summed E-state index contributed by atoms with van der Waals surface area (Å²) in [6, 6.07) is 11.6. The van der Waals surface area contributed by atoms with Crippen LogP contribution in [0.4, 0.5) is 0 Å². The van der Waals surface area contributed by atoms with Crippen LogP contribution >= 0.6 is 0 Å². The van der Waals surface area contributed by atoms with Gasteiger partial charge in [-0.3, -0.25) is 4.79 Å². The zero-order valence-electron chi connectivity index (χ0n) is 8.45. The van der Waals surface area contributed by atoms with Crippen molar-refractivity contribution in [2.75, 3.05) is 0 Å². The fraction of sp³-hybridized carbons (Fsp3) is 0.0833. The number of primary amides is 1. The first kappa shape index (κ1) is 9.52. The van der Waals surface area contributed by atoms with E-state index >= 15 is 0 Å². The summed E-state index contributed by atoms with van der Waals surface area (Å²) in [4.78, 5) is 14.2. The van der Waals surface area contributed by atoms with E-state index in [-0.39, 0.29) is 0 Å². The van der Waals surface area contributed by atoms with Crippen molar-refractivity contribution >= 4 is 5.91 Å². The van der Waals surface area contributed by atoms with Gasteiger partial charge in [-0.25, -0.2) is 0 Å². The summed E-state index contributed by atoms with van der Waals surface area (Å²) < 4.78 is 0. The van der Waals surface area contributed by atoms with Crippen LogP contribution in [-0.4, -0.2) is 10.9 Å². The molecule has 0 spiro atoms. The second-order valence-corrected chi connectivity index (χ2v) is 3.45. The van der Waals surface area contributed by atoms with E-state index in [4.69, 9.17) is 5.73 Å². The highest BCUT2D eigenvalue weighted by atomic mass is 16.1. The molecule has 3 heteroatoms. The summed E-state index contributed by atoms with van der Waals surface area (Å²) in [5.74, 6) is -0.397. The number of nitrogens with two attached hydrogens (primary N) is 1. The van der Waals surface area contributed by atoms with Crippen molar-refractivity contribution < 1.29 is 4.79 Å². The second-order valence-electron chi connectivity index (χ2n) is 3.45. The molecule has 2 rings (SSSR count). The van der Waals surface area contributed by atoms with Crippen molar-refractivity contribution in [2.24, 2.45) is 5.73 Å². The average Bonchev–Trinajstić information content (AvgIpc) is 2.62. The molecule has 0 saturated carbocycles. The van der Waals surface area contributed by atoms with Crippen LogP contribution in [0.15, 0.2) is 36.4 Å². The van der Waals surface area contributed by atoms with Crippen LogP contribution < -0.4 is 5.73 Å². The Kier molecular flexibility index (Phi) is 2.29. The van der Waals surface area contributed by atoms with E-state index in [1.807, 2.05) is 37.3 Å². The minimum atomic E-state index is -0.397. The number of hydrogen-bond donors (Lipinski definition) is 2. The van der Waals surface area contributed by atoms with Crippen LogP contribution in [0, 0.1) is 6.92 Å². The molecule has 0 saturated heterocycles. The molecule has 3 N–H and O–H groups in total. The zero-order chi connectivity index (χ0) is 10.8. The molecule has 1 aromatic carbocycles. The van der Waals surface area contributed by atoms with Gasteiger partial charge in [0.05, 0.1) is 5.56 Å². The van der Waals surface area contributed by atoms with Gasteiger partial charge >= 0.3 is 0 Å². The Morgan fingerprint density at radius 3 is 2.47 bits per heavy atom. The minimum absolute atomic E-state index is 0.397. The van der Waals surface area contributed by atoms with E-state index in [0.29, 0.717) is 5.56 Å². The Morgan fingerprint density at radius 2 is 1.93 bits per heavy atom. The second kappa shape index (κ2) is 3.61. The lowest BCUT2D eigenvalue weighted by molar-refractivity contribution is 0.1000. The van der Waals surface area contributed by atoms with Gasteiger partial charge in [-0.2, -0.15) is 0 Å². The number of hydrogen-bond acceptors (Lipinski definition) is 1. The number of benzene rings is 1. The van der Waals surface area contributed by atoms with Crippen molar-refractivity contribution in [1.82, 2.24) is 4.98 Å². The third-order valence-electron chi connectivity index (χ3n) is 2.37. The molecule has 76 valence electrons. The van der Waals surface area contributed by atoms with Gasteiger partial charge in [-0.1, -0.05) is 30.3 Å². The lowest BCUT2D eigenvalue weighted by Crippen LogP contribution is -2.10. The molecule has 0 unspecified atom stereocenters. The molecule has 1 heterocycles. The number of aromatic nitrogens is 1. The molecule has 1 aromatic heterocycles. The Bertz CT molecular complexity index is 486. The van der Waals surface area contributed by atoms with Crippen LogP contribution in [0.1, 0.15) is 16.1 Å². The molecule has 0 fully saturated rings. The number of H-pyrrole nitrogens is 1. The number of aromatic amines is 1. The van der Waals surface area contributed by atoms with Crippen LogP contribution in [-0.2, 0) is 0 Å². The van der Waals surface area contributed by atoms with Crippen molar-refractivity contribution in [3.8, 4) is 11.3 Å². The summed E-state index contributed by atoms with van der Waals surface area (Å²) in [6.07, 6.45) is 0. The third kappa shape index (κ3) is 1.76. The van der Waals surface area contributed by atoms with Gasteiger partial charge in [0.2, 0.25) is 0 Å². The Morgan fingerprint density at radius 1 is 1.27 bits per heavy atom. The molecule has 0 aliphatic heterocycles. The fourth-order valence-electron chi connectivity index (χ4n) is 1.59. The lowest BCUT2D eigenvalue weighted by Gasteiger charge is -1.95. The number of carbonyl (C=O) groups excluding carboxylic acids is 1. The molecule has 0 aliphatic carbocycles. The van der Waals surface area contributed by atoms with Gasteiger partial charge in [0.15, 0.2) is 0 Å². The molecular formula is C12H12N2O. The first-order valence-electron chi connectivity index (χ1n) is 4.73. The van der Waals surface area contributed by atoms with Crippen LogP contribution in [0.3, 0.4) is 0 Å². The normalized spacial score (nSPS) is 10.2. The summed E-state index contributed by atoms with van der Waals surface area (Å²) in [5.41, 5.74) is 8.57. The number of carbonyl (C=O) groups is 1. The van der Waals surface area contributed by atoms with Gasteiger partial charge in [-0.05, 0) is 18.6 Å². The van der Waals surface area contributed by atoms with E-state index in [2.05, 4.69) is 4.98 Å². The first-order valence-corrected chi connectivity index (χ1v) is 4.73. The predicted octanol–water partition coefficient (Wildman–Crippen LogP) is 2.09. The van der Waals surface area contributed by atoms with Gasteiger partial charge in [0.25, 0.3) is 5.91 Å². The first-order chi connectivity index (χ1) is 7.18. The van der Waals surface area contributed by atoms with Crippen LogP contribution in [0.5, 0.6) is 0 Å². The van der Waals surface area contributed by atoms with Gasteiger partial charge in [0.1, 0.15) is 0 Å². The van der Waals surface area contributed by atoms with Crippen LogP contribution in [0.2, 0.25) is 0 Å². The van der Waals surface area contributed by atoms with Crippen LogP contribution in [0.25, 0.3) is 11.3 Å². The third-order valence-corrected chi connectivity index (χ3v) is 2.37. The van der Waals surface area contributed by atoms with E-state index in [9.17, 15) is 4.79 Å². The summed E-state index contributed by atoms with van der Waals surface area (Å²) >= 11 is 0. The van der Waals surface area contributed by atoms with Crippen molar-refractivity contribution in [2.45, 2.75) is 6.92 Å². The average molecular weight is 200 g/mol. The zero-order valence-corrected chi connectivity index (χ0v) is 8.45. The molecule has 2 aromatic rings. The van der Waals surface area contributed by atoms with Gasteiger partial charge in [0, 0.05) is 11.4 Å². The topological polar surface area (TPSA) is 58.9 Å². The maximum absolute atomic E-state index is 11.1. The monoisotopic (exact) mass is 200 g/mol. The highest BCUT2D eigenvalue weighted by Gasteiger charge is 2.09. The van der Waals surface area contributed by atoms with E-state index < -0.39 is 5.91 Å². The minimum Gasteiger partial charge on any atom is -0.366 e. The summed E-state index contributed by atoms with van der Waals surface area (Å²) in [6.45, 7) is 1.84. The molecule has 1 amide bonds. The number of aryl methyl sites for hydroxylation is 1. The van der Waals surface area contributed by atoms with Gasteiger partial charge < -0.3 is 10.7 Å². The number of nitrogens with one attached hydrogen (secondary N) is 1. The van der Waals surface area contributed by atoms with Crippen molar-refractivity contribution in [3.63, 3.8) is 0 Å². The van der Waals surface area contributed by atoms with Gasteiger partial charge in [-0.15, -0.1) is 0 Å². The molecular weight excluding hydrogens is 188 g/mol. The largest absolute Gasteiger partial charge is 0.366 e. The number of rotatable bonds is 2. The molecule has 0 aliphatic rings. The highest BCUT2D eigenvalue weighted by molar-refractivity contribution is 5.95. The Labute approximate surface area is 87.9 Å². The lowest BCUT2D eigenvalue weighted by atomic mass is 10.1. The SMILES string of the molecule is Cc1[nH]c(-c2ccccc2)cc1C(N)=O. The smallest absolute Gasteiger partial charge is 0.250 e. The quantitative estimate of drug-likeness (QED) is 0.766. The summed E-state index contributed by atoms with van der Waals surface area (Å²) in [5, 5.41) is 0. The molecule has 0 atom stereocenters. The maximum atomic E-state index is 11.1. The van der Waals surface area contributed by atoms with E-state index in [0.717, 1.165) is 17.0 Å². The molecule has 15 heavy (non-hydrogen) atoms. The standard InChI is InChI=1S/C12H12N2O/c1-8-10(12(13)15)7-11(14-8)9-5-3-2-4-6-9/h2-7,14H,1H3,(H2,13,15).